The quantitative estimate of drug-likeness (QED) is 0.374. The Bertz CT molecular complexity index is 1310. The largest absolute Gasteiger partial charge is 0.484 e. The maximum absolute atomic E-state index is 12.3. The Hall–Kier alpha value is -4.17. The zero-order valence-electron chi connectivity index (χ0n) is 19.2. The number of hydrogen-bond donors (Lipinski definition) is 2. The van der Waals surface area contributed by atoms with Crippen molar-refractivity contribution in [2.45, 2.75) is 12.1 Å². The molecule has 1 saturated heterocycles. The molecule has 0 radical (unpaired) electrons. The number of aryl methyl sites for hydroxylation is 1. The highest BCUT2D eigenvalue weighted by Gasteiger charge is 2.41. The number of ether oxygens (including phenoxy) is 1. The minimum absolute atomic E-state index is 0.0623. The second-order valence-electron chi connectivity index (χ2n) is 8.24. The maximum atomic E-state index is 12.3. The molecular formula is C27H25N5O2S. The van der Waals surface area contributed by atoms with E-state index >= 15 is 0 Å². The molecule has 1 aliphatic rings. The number of carbonyl (C=O) groups is 1. The molecule has 1 amide bonds. The molecule has 3 heterocycles. The van der Waals surface area contributed by atoms with E-state index in [0.29, 0.717) is 16.5 Å². The van der Waals surface area contributed by atoms with E-state index in [2.05, 4.69) is 31.2 Å². The van der Waals surface area contributed by atoms with Gasteiger partial charge in [0.15, 0.2) is 11.7 Å². The van der Waals surface area contributed by atoms with Crippen LogP contribution in [0.15, 0.2) is 97.3 Å². The molecule has 7 nitrogen and oxygen atoms in total. The van der Waals surface area contributed by atoms with Crippen LogP contribution in [-0.2, 0) is 11.8 Å². The lowest BCUT2D eigenvalue weighted by Crippen LogP contribution is -2.30. The van der Waals surface area contributed by atoms with Gasteiger partial charge in [-0.25, -0.2) is 0 Å². The Labute approximate surface area is 209 Å². The van der Waals surface area contributed by atoms with Crippen molar-refractivity contribution in [3.63, 3.8) is 0 Å². The maximum Gasteiger partial charge on any atom is 0.262 e. The first-order valence-corrected chi connectivity index (χ1v) is 11.7. The van der Waals surface area contributed by atoms with E-state index in [1.807, 2.05) is 92.1 Å². The standard InChI is InChI=1S/C27H25N5O2S/c1-31-17-7-11-23(31)26-25(22-10-5-6-16-28-22)30-27(35)32(26)20-14-12-19(13-15-20)29-24(33)18-34-21-8-3-2-4-9-21/h2-17,25-26H,18H2,1H3,(H,29,33)(H,30,35)/t25-,26-/m1/s1. The molecule has 2 atom stereocenters. The second-order valence-corrected chi connectivity index (χ2v) is 8.62. The van der Waals surface area contributed by atoms with Crippen LogP contribution in [0.1, 0.15) is 23.5 Å². The number of para-hydroxylation sites is 1. The van der Waals surface area contributed by atoms with Crippen LogP contribution in [0.3, 0.4) is 0 Å². The Morgan fingerprint density at radius 2 is 1.80 bits per heavy atom. The van der Waals surface area contributed by atoms with Crippen LogP contribution in [0.2, 0.25) is 0 Å². The smallest absolute Gasteiger partial charge is 0.262 e. The molecule has 2 aromatic heterocycles. The molecule has 35 heavy (non-hydrogen) atoms. The van der Waals surface area contributed by atoms with Gasteiger partial charge >= 0.3 is 0 Å². The highest BCUT2D eigenvalue weighted by atomic mass is 32.1. The molecule has 0 spiro atoms. The van der Waals surface area contributed by atoms with Crippen LogP contribution in [0.5, 0.6) is 5.75 Å². The summed E-state index contributed by atoms with van der Waals surface area (Å²) in [6, 6.07) is 26.8. The number of benzene rings is 2. The minimum atomic E-state index is -0.225. The van der Waals surface area contributed by atoms with Crippen LogP contribution in [-0.4, -0.2) is 27.2 Å². The van der Waals surface area contributed by atoms with Gasteiger partial charge in [-0.3, -0.25) is 9.78 Å². The van der Waals surface area contributed by atoms with E-state index in [9.17, 15) is 4.79 Å². The number of anilines is 2. The topological polar surface area (TPSA) is 71.4 Å². The lowest BCUT2D eigenvalue weighted by molar-refractivity contribution is -0.118. The average Bonchev–Trinajstić information content (AvgIpc) is 3.46. The van der Waals surface area contributed by atoms with E-state index in [1.165, 1.54) is 0 Å². The van der Waals surface area contributed by atoms with Gasteiger partial charge in [0.2, 0.25) is 0 Å². The van der Waals surface area contributed by atoms with E-state index in [0.717, 1.165) is 17.1 Å². The number of aromatic nitrogens is 2. The molecule has 0 saturated carbocycles. The summed E-state index contributed by atoms with van der Waals surface area (Å²) in [6.07, 6.45) is 3.82. The Morgan fingerprint density at radius 1 is 1.03 bits per heavy atom. The van der Waals surface area contributed by atoms with Crippen molar-refractivity contribution in [3.05, 3.63) is 109 Å². The van der Waals surface area contributed by atoms with Gasteiger partial charge in [-0.2, -0.15) is 0 Å². The number of rotatable bonds is 7. The third-order valence-electron chi connectivity index (χ3n) is 5.93. The number of thiocarbonyl (C=S) groups is 1. The fraction of sp³-hybridized carbons (Fsp3) is 0.148. The first kappa shape index (κ1) is 22.6. The number of amides is 1. The molecule has 2 aromatic carbocycles. The fourth-order valence-electron chi connectivity index (χ4n) is 4.28. The van der Waals surface area contributed by atoms with Crippen molar-refractivity contribution >= 4 is 34.6 Å². The summed E-state index contributed by atoms with van der Waals surface area (Å²) in [4.78, 5) is 19.0. The first-order valence-electron chi connectivity index (χ1n) is 11.3. The molecule has 0 bridgehead atoms. The van der Waals surface area contributed by atoms with E-state index in [4.69, 9.17) is 17.0 Å². The lowest BCUT2D eigenvalue weighted by Gasteiger charge is -2.28. The molecule has 8 heteroatoms. The van der Waals surface area contributed by atoms with Gasteiger partial charge in [0.05, 0.1) is 11.7 Å². The molecule has 1 aliphatic heterocycles. The Balaban J connectivity index is 1.35. The average molecular weight is 484 g/mol. The summed E-state index contributed by atoms with van der Waals surface area (Å²) in [5.41, 5.74) is 3.64. The number of nitrogens with zero attached hydrogens (tertiary/aromatic N) is 3. The zero-order valence-corrected chi connectivity index (χ0v) is 20.0. The van der Waals surface area contributed by atoms with Gasteiger partial charge < -0.3 is 24.8 Å². The van der Waals surface area contributed by atoms with Crippen LogP contribution < -0.4 is 20.3 Å². The summed E-state index contributed by atoms with van der Waals surface area (Å²) < 4.78 is 7.63. The second kappa shape index (κ2) is 9.99. The van der Waals surface area contributed by atoms with E-state index in [-0.39, 0.29) is 24.6 Å². The normalized spacial score (nSPS) is 17.2. The summed E-state index contributed by atoms with van der Waals surface area (Å²) >= 11 is 5.77. The molecule has 1 fully saturated rings. The van der Waals surface area contributed by atoms with Crippen LogP contribution in [0.4, 0.5) is 11.4 Å². The third-order valence-corrected chi connectivity index (χ3v) is 6.24. The Kier molecular flexibility index (Phi) is 6.45. The van der Waals surface area contributed by atoms with Crippen molar-refractivity contribution in [2.75, 3.05) is 16.8 Å². The predicted octanol–water partition coefficient (Wildman–Crippen LogP) is 4.61. The van der Waals surface area contributed by atoms with Crippen molar-refractivity contribution in [1.82, 2.24) is 14.9 Å². The SMILES string of the molecule is Cn1cccc1[C@@H]1[C@@H](c2ccccn2)NC(=S)N1c1ccc(NC(=O)COc2ccccc2)cc1. The molecule has 0 aliphatic carbocycles. The van der Waals surface area contributed by atoms with Crippen molar-refractivity contribution in [3.8, 4) is 5.75 Å². The summed E-state index contributed by atoms with van der Waals surface area (Å²) in [7, 11) is 2.03. The van der Waals surface area contributed by atoms with Gasteiger partial charge in [-0.05, 0) is 72.9 Å². The van der Waals surface area contributed by atoms with Crippen molar-refractivity contribution < 1.29 is 9.53 Å². The molecule has 176 valence electrons. The summed E-state index contributed by atoms with van der Waals surface area (Å²) in [5.74, 6) is 0.430. The van der Waals surface area contributed by atoms with Crippen LogP contribution >= 0.6 is 12.2 Å². The number of hydrogen-bond acceptors (Lipinski definition) is 4. The predicted molar refractivity (Wildman–Crippen MR) is 140 cm³/mol. The van der Waals surface area contributed by atoms with Crippen molar-refractivity contribution in [2.24, 2.45) is 7.05 Å². The Morgan fingerprint density at radius 3 is 2.49 bits per heavy atom. The molecule has 0 unspecified atom stereocenters. The van der Waals surface area contributed by atoms with Gasteiger partial charge in [0, 0.05) is 36.5 Å². The molecule has 2 N–H and O–H groups in total. The number of nitrogens with one attached hydrogen (secondary N) is 2. The lowest BCUT2D eigenvalue weighted by atomic mass is 10.0. The fourth-order valence-corrected chi connectivity index (χ4v) is 4.63. The zero-order chi connectivity index (χ0) is 24.2. The summed E-state index contributed by atoms with van der Waals surface area (Å²) in [6.45, 7) is -0.0623. The van der Waals surface area contributed by atoms with Gasteiger partial charge in [-0.15, -0.1) is 0 Å². The van der Waals surface area contributed by atoms with Gasteiger partial charge in [0.1, 0.15) is 11.8 Å². The van der Waals surface area contributed by atoms with Gasteiger partial charge in [0.25, 0.3) is 5.91 Å². The number of pyridine rings is 1. The van der Waals surface area contributed by atoms with E-state index in [1.54, 1.807) is 6.20 Å². The van der Waals surface area contributed by atoms with Crippen LogP contribution in [0, 0.1) is 0 Å². The monoisotopic (exact) mass is 483 g/mol. The highest BCUT2D eigenvalue weighted by Crippen LogP contribution is 2.41. The molecule has 5 rings (SSSR count). The molecular weight excluding hydrogens is 458 g/mol. The number of carbonyl (C=O) groups excluding carboxylic acids is 1. The third kappa shape index (κ3) is 4.88. The van der Waals surface area contributed by atoms with Crippen molar-refractivity contribution in [1.29, 1.82) is 0 Å². The summed E-state index contributed by atoms with van der Waals surface area (Å²) in [5, 5.41) is 6.96. The minimum Gasteiger partial charge on any atom is -0.484 e. The first-order chi connectivity index (χ1) is 17.1. The van der Waals surface area contributed by atoms with E-state index < -0.39 is 0 Å². The molecule has 4 aromatic rings. The van der Waals surface area contributed by atoms with Gasteiger partial charge in [-0.1, -0.05) is 24.3 Å². The van der Waals surface area contributed by atoms with Crippen LogP contribution in [0.25, 0.3) is 0 Å². The highest BCUT2D eigenvalue weighted by molar-refractivity contribution is 7.80.